The summed E-state index contributed by atoms with van der Waals surface area (Å²) in [5, 5.41) is 0. The van der Waals surface area contributed by atoms with Crippen molar-refractivity contribution in [2.75, 3.05) is 0 Å². The van der Waals surface area contributed by atoms with Crippen molar-refractivity contribution in [2.24, 2.45) is 0 Å². The number of hydrogen-bond acceptors (Lipinski definition) is 3. The summed E-state index contributed by atoms with van der Waals surface area (Å²) in [6.07, 6.45) is 2.18. The van der Waals surface area contributed by atoms with Gasteiger partial charge >= 0.3 is 0 Å². The second-order valence-corrected chi connectivity index (χ2v) is 13.5. The molecule has 0 atom stereocenters. The van der Waals surface area contributed by atoms with Crippen LogP contribution in [0.15, 0.2) is 115 Å². The van der Waals surface area contributed by atoms with Crippen LogP contribution in [0.2, 0.25) is 0 Å². The van der Waals surface area contributed by atoms with E-state index in [2.05, 4.69) is 45.9 Å². The molecule has 0 bridgehead atoms. The average molecular weight is 608 g/mol. The molecular formula is C41H35F2N3. The lowest BCUT2D eigenvalue weighted by molar-refractivity contribution is 0.332. The monoisotopic (exact) mass is 607 g/mol. The molecule has 0 radical (unpaired) electrons. The Bertz CT molecular complexity index is 1960. The molecule has 0 aliphatic heterocycles. The second kappa shape index (κ2) is 11.4. The maximum atomic E-state index is 15.2. The number of halogens is 2. The van der Waals surface area contributed by atoms with Crippen LogP contribution in [0.4, 0.5) is 8.78 Å². The standard InChI is InChI=1S/C41H35F2N3/c1-40(2)17-18-41(3,4)36-25-28(15-16-35(36)40)37-44-38(31-19-29(21-33(42)23-31)26-11-7-5-8-12-26)46-39(45-37)32-20-30(22-34(43)24-32)27-13-9-6-10-14-27/h5-16,19-25H,17-18H2,1-4H3. The molecule has 3 nitrogen and oxygen atoms in total. The second-order valence-electron chi connectivity index (χ2n) is 13.5. The Balaban J connectivity index is 1.44. The zero-order valence-corrected chi connectivity index (χ0v) is 26.5. The summed E-state index contributed by atoms with van der Waals surface area (Å²) in [6.45, 7) is 9.15. The van der Waals surface area contributed by atoms with E-state index in [9.17, 15) is 0 Å². The molecule has 1 heterocycles. The Labute approximate surface area is 269 Å². The van der Waals surface area contributed by atoms with E-state index >= 15 is 8.78 Å². The Kier molecular flexibility index (Phi) is 7.35. The van der Waals surface area contributed by atoms with Gasteiger partial charge in [-0.2, -0.15) is 0 Å². The zero-order valence-electron chi connectivity index (χ0n) is 26.5. The quantitative estimate of drug-likeness (QED) is 0.196. The van der Waals surface area contributed by atoms with Crippen molar-refractivity contribution in [1.29, 1.82) is 0 Å². The van der Waals surface area contributed by atoms with Crippen molar-refractivity contribution in [3.8, 4) is 56.4 Å². The SMILES string of the molecule is CC1(C)CCC(C)(C)c2cc(-c3nc(-c4cc(F)cc(-c5ccccc5)c4)nc(-c4cc(F)cc(-c5ccccc5)c4)n3)ccc21. The van der Waals surface area contributed by atoms with Gasteiger partial charge in [0.1, 0.15) is 11.6 Å². The topological polar surface area (TPSA) is 38.7 Å². The van der Waals surface area contributed by atoms with Crippen LogP contribution in [0.25, 0.3) is 56.4 Å². The van der Waals surface area contributed by atoms with Gasteiger partial charge in [0.05, 0.1) is 0 Å². The van der Waals surface area contributed by atoms with Crippen molar-refractivity contribution in [3.05, 3.63) is 138 Å². The summed E-state index contributed by atoms with van der Waals surface area (Å²) in [6, 6.07) is 35.4. The van der Waals surface area contributed by atoms with Crippen LogP contribution in [0, 0.1) is 11.6 Å². The molecule has 5 aromatic carbocycles. The molecule has 1 aliphatic rings. The maximum Gasteiger partial charge on any atom is 0.164 e. The Morgan fingerprint density at radius 1 is 0.413 bits per heavy atom. The van der Waals surface area contributed by atoms with Crippen molar-refractivity contribution in [2.45, 2.75) is 51.4 Å². The van der Waals surface area contributed by atoms with Crippen LogP contribution >= 0.6 is 0 Å². The summed E-state index contributed by atoms with van der Waals surface area (Å²) >= 11 is 0. The number of aromatic nitrogens is 3. The first-order valence-electron chi connectivity index (χ1n) is 15.7. The minimum atomic E-state index is -0.394. The van der Waals surface area contributed by atoms with E-state index in [1.54, 1.807) is 0 Å². The van der Waals surface area contributed by atoms with Gasteiger partial charge in [0.2, 0.25) is 0 Å². The van der Waals surface area contributed by atoms with Crippen LogP contribution in [0.3, 0.4) is 0 Å². The molecular weight excluding hydrogens is 572 g/mol. The van der Waals surface area contributed by atoms with Crippen LogP contribution < -0.4 is 0 Å². The molecule has 0 unspecified atom stereocenters. The molecule has 46 heavy (non-hydrogen) atoms. The summed E-state index contributed by atoms with van der Waals surface area (Å²) in [5.41, 5.74) is 7.73. The van der Waals surface area contributed by atoms with Crippen LogP contribution in [0.5, 0.6) is 0 Å². The van der Waals surface area contributed by atoms with Crippen LogP contribution in [-0.4, -0.2) is 15.0 Å². The molecule has 0 amide bonds. The lowest BCUT2D eigenvalue weighted by atomic mass is 9.63. The van der Waals surface area contributed by atoms with Crippen molar-refractivity contribution >= 4 is 0 Å². The van der Waals surface area contributed by atoms with Crippen LogP contribution in [-0.2, 0) is 10.8 Å². The average Bonchev–Trinajstić information content (AvgIpc) is 3.07. The predicted molar refractivity (Wildman–Crippen MR) is 182 cm³/mol. The van der Waals surface area contributed by atoms with E-state index in [4.69, 9.17) is 15.0 Å². The van der Waals surface area contributed by atoms with Gasteiger partial charge in [0.15, 0.2) is 17.5 Å². The lowest BCUT2D eigenvalue weighted by Crippen LogP contribution is -2.33. The molecule has 7 rings (SSSR count). The van der Waals surface area contributed by atoms with Crippen LogP contribution in [0.1, 0.15) is 51.7 Å². The first kappa shape index (κ1) is 29.7. The molecule has 228 valence electrons. The molecule has 0 fully saturated rings. The van der Waals surface area contributed by atoms with Crippen molar-refractivity contribution in [1.82, 2.24) is 15.0 Å². The van der Waals surface area contributed by atoms with E-state index in [1.807, 2.05) is 72.8 Å². The summed E-state index contributed by atoms with van der Waals surface area (Å²) in [4.78, 5) is 14.7. The smallest absolute Gasteiger partial charge is 0.164 e. The highest BCUT2D eigenvalue weighted by molar-refractivity contribution is 5.75. The largest absolute Gasteiger partial charge is 0.208 e. The van der Waals surface area contributed by atoms with E-state index in [0.29, 0.717) is 39.7 Å². The molecule has 0 N–H and O–H groups in total. The number of benzene rings is 5. The summed E-state index contributed by atoms with van der Waals surface area (Å²) < 4.78 is 30.3. The molecule has 0 saturated carbocycles. The fourth-order valence-corrected chi connectivity index (χ4v) is 6.52. The van der Waals surface area contributed by atoms with Gasteiger partial charge in [0, 0.05) is 16.7 Å². The van der Waals surface area contributed by atoms with E-state index in [0.717, 1.165) is 29.5 Å². The van der Waals surface area contributed by atoms with E-state index in [1.165, 1.54) is 35.4 Å². The van der Waals surface area contributed by atoms with Gasteiger partial charge in [0.25, 0.3) is 0 Å². The molecule has 0 spiro atoms. The molecule has 0 saturated heterocycles. The van der Waals surface area contributed by atoms with E-state index < -0.39 is 11.6 Å². The minimum absolute atomic E-state index is 0.0140. The lowest BCUT2D eigenvalue weighted by Gasteiger charge is -2.42. The third-order valence-corrected chi connectivity index (χ3v) is 9.27. The normalized spacial score (nSPS) is 14.9. The van der Waals surface area contributed by atoms with Crippen molar-refractivity contribution in [3.63, 3.8) is 0 Å². The third kappa shape index (κ3) is 5.74. The maximum absolute atomic E-state index is 15.2. The Morgan fingerprint density at radius 3 is 1.30 bits per heavy atom. The first-order chi connectivity index (χ1) is 22.1. The highest BCUT2D eigenvalue weighted by Gasteiger charge is 2.37. The van der Waals surface area contributed by atoms with Gasteiger partial charge in [-0.25, -0.2) is 23.7 Å². The Hall–Kier alpha value is -5.03. The van der Waals surface area contributed by atoms with Gasteiger partial charge < -0.3 is 0 Å². The molecule has 1 aromatic heterocycles. The number of rotatable bonds is 5. The first-order valence-corrected chi connectivity index (χ1v) is 15.7. The molecule has 6 aromatic rings. The van der Waals surface area contributed by atoms with Gasteiger partial charge in [-0.1, -0.05) is 100 Å². The van der Waals surface area contributed by atoms with Gasteiger partial charge in [-0.05, 0) is 99.5 Å². The van der Waals surface area contributed by atoms with Gasteiger partial charge in [-0.15, -0.1) is 0 Å². The zero-order chi connectivity index (χ0) is 32.1. The predicted octanol–water partition coefficient (Wildman–Crippen LogP) is 10.8. The van der Waals surface area contributed by atoms with Crippen molar-refractivity contribution < 1.29 is 8.78 Å². The fraction of sp³-hybridized carbons (Fsp3) is 0.195. The molecule has 5 heteroatoms. The number of nitrogens with zero attached hydrogens (tertiary/aromatic N) is 3. The number of fused-ring (bicyclic) bond motifs is 1. The fourth-order valence-electron chi connectivity index (χ4n) is 6.52. The Morgan fingerprint density at radius 2 is 0.826 bits per heavy atom. The van der Waals surface area contributed by atoms with E-state index in [-0.39, 0.29) is 10.8 Å². The summed E-state index contributed by atoms with van der Waals surface area (Å²) in [5.74, 6) is 0.307. The summed E-state index contributed by atoms with van der Waals surface area (Å²) in [7, 11) is 0. The molecule has 1 aliphatic carbocycles. The minimum Gasteiger partial charge on any atom is -0.208 e. The third-order valence-electron chi connectivity index (χ3n) is 9.27. The number of hydrogen-bond donors (Lipinski definition) is 0. The van der Waals surface area contributed by atoms with Gasteiger partial charge in [-0.3, -0.25) is 0 Å². The highest BCUT2D eigenvalue weighted by Crippen LogP contribution is 2.46. The highest BCUT2D eigenvalue weighted by atomic mass is 19.1.